The van der Waals surface area contributed by atoms with Gasteiger partial charge in [-0.1, -0.05) is 13.3 Å². The highest BCUT2D eigenvalue weighted by Gasteiger charge is 2.23. The van der Waals surface area contributed by atoms with Gasteiger partial charge >= 0.3 is 13.9 Å². The fourth-order valence-electron chi connectivity index (χ4n) is 0.464. The molecular weight excluding hydrogens is 185 g/mol. The predicted molar refractivity (Wildman–Crippen MR) is 41.4 cm³/mol. The van der Waals surface area contributed by atoms with E-state index in [1.807, 2.05) is 6.92 Å². The van der Waals surface area contributed by atoms with Gasteiger partial charge in [0.1, 0.15) is 0 Å². The highest BCUT2D eigenvalue weighted by atomic mass is 31.2. The van der Waals surface area contributed by atoms with E-state index < -0.39 is 13.9 Å². The molecule has 0 heterocycles. The van der Waals surface area contributed by atoms with Crippen LogP contribution in [-0.2, 0) is 13.6 Å². The fraction of sp³-hybridized carbons (Fsp3) is 0.800. The van der Waals surface area contributed by atoms with Crippen LogP contribution in [0, 0.1) is 0 Å². The zero-order valence-corrected chi connectivity index (χ0v) is 7.62. The minimum atomic E-state index is -4.25. The van der Waals surface area contributed by atoms with Crippen LogP contribution in [0.3, 0.4) is 0 Å². The van der Waals surface area contributed by atoms with Crippen molar-refractivity contribution in [2.45, 2.75) is 19.8 Å². The Kier molecular flexibility index (Phi) is 4.89. The van der Waals surface area contributed by atoms with E-state index in [1.165, 1.54) is 0 Å². The molecule has 0 aliphatic heterocycles. The maximum absolute atomic E-state index is 10.7. The van der Waals surface area contributed by atoms with E-state index in [1.54, 1.807) is 0 Å². The van der Waals surface area contributed by atoms with E-state index in [2.05, 4.69) is 14.8 Å². The Hall–Kier alpha value is -0.580. The molecule has 72 valence electrons. The summed E-state index contributed by atoms with van der Waals surface area (Å²) in [6, 6.07) is 0. The molecule has 0 aromatic heterocycles. The first-order valence-electron chi connectivity index (χ1n) is 3.44. The number of nitrogens with two attached hydrogens (primary N) is 1. The Morgan fingerprint density at radius 3 is 2.67 bits per heavy atom. The third kappa shape index (κ3) is 6.15. The molecule has 0 saturated heterocycles. The van der Waals surface area contributed by atoms with Crippen molar-refractivity contribution >= 4 is 13.9 Å². The van der Waals surface area contributed by atoms with Crippen LogP contribution in [0.5, 0.6) is 0 Å². The van der Waals surface area contributed by atoms with Crippen LogP contribution < -0.4 is 5.73 Å². The lowest BCUT2D eigenvalue weighted by Crippen LogP contribution is -2.12. The second-order valence-electron chi connectivity index (χ2n) is 2.07. The average molecular weight is 197 g/mol. The van der Waals surface area contributed by atoms with Crippen molar-refractivity contribution in [1.82, 2.24) is 0 Å². The third-order valence-electron chi connectivity index (χ3n) is 0.958. The first kappa shape index (κ1) is 11.4. The normalized spacial score (nSPS) is 15.2. The molecule has 0 rings (SSSR count). The topological polar surface area (TPSA) is 98.8 Å². The Labute approximate surface area is 70.3 Å². The molecule has 3 N–H and O–H groups in total. The summed E-state index contributed by atoms with van der Waals surface area (Å²) in [6.07, 6.45) is 0.112. The number of carbonyl (C=O) groups is 1. The molecular formula is C5H12NO5P. The van der Waals surface area contributed by atoms with Crippen molar-refractivity contribution in [3.8, 4) is 0 Å². The van der Waals surface area contributed by atoms with Gasteiger partial charge in [0.2, 0.25) is 0 Å². The second kappa shape index (κ2) is 5.13. The standard InChI is InChI=1S/C5H12NO5P/c1-2-3-4-10-12(8,9)11-5(6)7/h2-4H2,1H3,(H2,6,7)(H,8,9). The monoisotopic (exact) mass is 197 g/mol. The van der Waals surface area contributed by atoms with Crippen molar-refractivity contribution < 1.29 is 23.3 Å². The van der Waals surface area contributed by atoms with E-state index in [9.17, 15) is 9.36 Å². The Morgan fingerprint density at radius 1 is 1.67 bits per heavy atom. The number of hydrogen-bond acceptors (Lipinski definition) is 4. The lowest BCUT2D eigenvalue weighted by Gasteiger charge is -2.08. The molecule has 7 heteroatoms. The molecule has 0 saturated carbocycles. The van der Waals surface area contributed by atoms with E-state index in [4.69, 9.17) is 4.89 Å². The van der Waals surface area contributed by atoms with Crippen molar-refractivity contribution in [1.29, 1.82) is 0 Å². The molecule has 0 aliphatic rings. The number of phosphoric acid groups is 1. The Bertz CT molecular complexity index is 194. The molecule has 1 amide bonds. The summed E-state index contributed by atoms with van der Waals surface area (Å²) in [4.78, 5) is 18.8. The van der Waals surface area contributed by atoms with Gasteiger partial charge in [-0.25, -0.2) is 9.36 Å². The summed E-state index contributed by atoms with van der Waals surface area (Å²) in [6.45, 7) is 1.96. The van der Waals surface area contributed by atoms with Gasteiger partial charge in [0.25, 0.3) is 0 Å². The summed E-state index contributed by atoms with van der Waals surface area (Å²) >= 11 is 0. The van der Waals surface area contributed by atoms with E-state index in [-0.39, 0.29) is 6.61 Å². The minimum Gasteiger partial charge on any atom is -0.354 e. The zero-order chi connectivity index (χ0) is 9.61. The first-order valence-corrected chi connectivity index (χ1v) is 4.94. The maximum atomic E-state index is 10.7. The van der Waals surface area contributed by atoms with Gasteiger partial charge in [-0.2, -0.15) is 0 Å². The van der Waals surface area contributed by atoms with Crippen molar-refractivity contribution in [3.63, 3.8) is 0 Å². The molecule has 0 bridgehead atoms. The number of rotatable bonds is 5. The molecule has 0 aliphatic carbocycles. The quantitative estimate of drug-likeness (QED) is 0.505. The molecule has 0 spiro atoms. The molecule has 0 aromatic carbocycles. The van der Waals surface area contributed by atoms with Crippen LogP contribution in [0.2, 0.25) is 0 Å². The van der Waals surface area contributed by atoms with Gasteiger partial charge in [-0.15, -0.1) is 0 Å². The summed E-state index contributed by atoms with van der Waals surface area (Å²) in [5, 5.41) is 0. The van der Waals surface area contributed by atoms with Crippen molar-refractivity contribution in [2.75, 3.05) is 6.61 Å². The number of carbonyl (C=O) groups excluding carboxylic acids is 1. The number of primary amides is 1. The zero-order valence-electron chi connectivity index (χ0n) is 6.73. The first-order chi connectivity index (χ1) is 5.48. The number of unbranched alkanes of at least 4 members (excludes halogenated alkanes) is 1. The highest BCUT2D eigenvalue weighted by Crippen LogP contribution is 2.42. The van der Waals surface area contributed by atoms with Crippen LogP contribution >= 0.6 is 7.82 Å². The van der Waals surface area contributed by atoms with Gasteiger partial charge in [0, 0.05) is 0 Å². The molecule has 1 atom stereocenters. The van der Waals surface area contributed by atoms with Gasteiger partial charge in [-0.3, -0.25) is 9.42 Å². The molecule has 0 aromatic rings. The van der Waals surface area contributed by atoms with Crippen molar-refractivity contribution in [2.24, 2.45) is 5.73 Å². The van der Waals surface area contributed by atoms with Crippen LogP contribution in [0.15, 0.2) is 0 Å². The van der Waals surface area contributed by atoms with Crippen LogP contribution in [0.25, 0.3) is 0 Å². The maximum Gasteiger partial charge on any atom is 0.530 e. The molecule has 0 radical (unpaired) electrons. The smallest absolute Gasteiger partial charge is 0.354 e. The van der Waals surface area contributed by atoms with Gasteiger partial charge in [-0.05, 0) is 6.42 Å². The summed E-state index contributed by atoms with van der Waals surface area (Å²) in [5.74, 6) is 0. The summed E-state index contributed by atoms with van der Waals surface area (Å²) in [5.41, 5.74) is 4.51. The number of hydrogen-bond donors (Lipinski definition) is 2. The van der Waals surface area contributed by atoms with Gasteiger partial charge in [0.05, 0.1) is 6.61 Å². The van der Waals surface area contributed by atoms with E-state index in [0.29, 0.717) is 6.42 Å². The van der Waals surface area contributed by atoms with Crippen molar-refractivity contribution in [3.05, 3.63) is 0 Å². The number of amides is 1. The van der Waals surface area contributed by atoms with E-state index >= 15 is 0 Å². The largest absolute Gasteiger partial charge is 0.530 e. The lowest BCUT2D eigenvalue weighted by atomic mass is 10.4. The number of phosphoric ester groups is 1. The van der Waals surface area contributed by atoms with Crippen LogP contribution in [0.4, 0.5) is 4.79 Å². The van der Waals surface area contributed by atoms with E-state index in [0.717, 1.165) is 6.42 Å². The predicted octanol–water partition coefficient (Wildman–Crippen LogP) is 0.999. The Balaban J connectivity index is 3.72. The van der Waals surface area contributed by atoms with Gasteiger partial charge < -0.3 is 10.3 Å². The summed E-state index contributed by atoms with van der Waals surface area (Å²) < 4.78 is 18.9. The second-order valence-corrected chi connectivity index (χ2v) is 3.44. The lowest BCUT2D eigenvalue weighted by molar-refractivity contribution is 0.158. The summed E-state index contributed by atoms with van der Waals surface area (Å²) in [7, 11) is -4.25. The SMILES string of the molecule is CCCCOP(=O)(O)OC(N)=O. The fourth-order valence-corrected chi connectivity index (χ4v) is 1.10. The van der Waals surface area contributed by atoms with Crippen LogP contribution in [-0.4, -0.2) is 17.6 Å². The average Bonchev–Trinajstić information content (AvgIpc) is 1.84. The third-order valence-corrected chi connectivity index (χ3v) is 1.88. The minimum absolute atomic E-state index is 0.0670. The molecule has 1 unspecified atom stereocenters. The highest BCUT2D eigenvalue weighted by molar-refractivity contribution is 7.48. The molecule has 0 fully saturated rings. The molecule has 12 heavy (non-hydrogen) atoms. The molecule has 6 nitrogen and oxygen atoms in total. The van der Waals surface area contributed by atoms with Crippen LogP contribution in [0.1, 0.15) is 19.8 Å². The van der Waals surface area contributed by atoms with Gasteiger partial charge in [0.15, 0.2) is 0 Å². The Morgan fingerprint density at radius 2 is 2.25 bits per heavy atom.